The molecule has 0 bridgehead atoms. The van der Waals surface area contributed by atoms with Crippen LogP contribution in [0.4, 0.5) is 6.01 Å². The first kappa shape index (κ1) is 14.1. The third-order valence-corrected chi connectivity index (χ3v) is 4.01. The monoisotopic (exact) mass is 331 g/mol. The van der Waals surface area contributed by atoms with E-state index in [-0.39, 0.29) is 11.9 Å². The molecular weight excluding hydrogens is 318 g/mol. The van der Waals surface area contributed by atoms with Crippen LogP contribution in [0, 0.1) is 0 Å². The number of carbonyl (C=O) groups is 1. The van der Waals surface area contributed by atoms with Crippen molar-refractivity contribution in [3.05, 3.63) is 41.2 Å². The summed E-state index contributed by atoms with van der Waals surface area (Å²) in [5.74, 6) is -0.167. The van der Waals surface area contributed by atoms with Gasteiger partial charge in [0.25, 0.3) is 11.9 Å². The van der Waals surface area contributed by atoms with Crippen LogP contribution in [0.3, 0.4) is 0 Å². The summed E-state index contributed by atoms with van der Waals surface area (Å²) < 4.78 is 7.30. The number of hydrogen-bond acceptors (Lipinski definition) is 5. The van der Waals surface area contributed by atoms with E-state index in [1.165, 1.54) is 0 Å². The average Bonchev–Trinajstić information content (AvgIpc) is 3.07. The number of oxazole rings is 1. The molecule has 7 nitrogen and oxygen atoms in total. The maximum Gasteiger partial charge on any atom is 0.298 e. The van der Waals surface area contributed by atoms with Crippen LogP contribution >= 0.6 is 11.6 Å². The van der Waals surface area contributed by atoms with Crippen molar-refractivity contribution in [3.63, 3.8) is 0 Å². The van der Waals surface area contributed by atoms with E-state index < -0.39 is 0 Å². The minimum Gasteiger partial charge on any atom is -0.423 e. The summed E-state index contributed by atoms with van der Waals surface area (Å²) in [6, 6.07) is 7.64. The second kappa shape index (κ2) is 5.27. The van der Waals surface area contributed by atoms with Crippen LogP contribution in [0.1, 0.15) is 10.5 Å². The van der Waals surface area contributed by atoms with E-state index in [0.29, 0.717) is 35.4 Å². The summed E-state index contributed by atoms with van der Waals surface area (Å²) in [6.45, 7) is 1.30. The van der Waals surface area contributed by atoms with E-state index in [4.69, 9.17) is 16.0 Å². The summed E-state index contributed by atoms with van der Waals surface area (Å²) in [4.78, 5) is 18.4. The molecule has 0 spiro atoms. The SMILES string of the molecule is Cn1ccc(C(=O)NC2CN(c3nc4ccc(Cl)cc4o3)C2)n1. The molecule has 8 heteroatoms. The number of halogens is 1. The number of anilines is 1. The summed E-state index contributed by atoms with van der Waals surface area (Å²) in [5.41, 5.74) is 1.85. The van der Waals surface area contributed by atoms with Crippen molar-refractivity contribution in [2.45, 2.75) is 6.04 Å². The Labute approximate surface area is 136 Å². The molecule has 1 aliphatic heterocycles. The molecule has 1 aliphatic rings. The van der Waals surface area contributed by atoms with Gasteiger partial charge in [0.2, 0.25) is 0 Å². The lowest BCUT2D eigenvalue weighted by Crippen LogP contribution is -2.59. The lowest BCUT2D eigenvalue weighted by Gasteiger charge is -2.38. The van der Waals surface area contributed by atoms with Crippen LogP contribution in [0.2, 0.25) is 5.02 Å². The Morgan fingerprint density at radius 1 is 1.39 bits per heavy atom. The number of aromatic nitrogens is 3. The predicted octanol–water partition coefficient (Wildman–Crippen LogP) is 1.83. The molecule has 1 N–H and O–H groups in total. The van der Waals surface area contributed by atoms with Gasteiger partial charge < -0.3 is 14.6 Å². The van der Waals surface area contributed by atoms with Crippen molar-refractivity contribution in [1.82, 2.24) is 20.1 Å². The van der Waals surface area contributed by atoms with E-state index in [2.05, 4.69) is 15.4 Å². The zero-order valence-electron chi connectivity index (χ0n) is 12.4. The van der Waals surface area contributed by atoms with Gasteiger partial charge in [-0.15, -0.1) is 0 Å². The van der Waals surface area contributed by atoms with Crippen molar-refractivity contribution in [2.75, 3.05) is 18.0 Å². The number of amides is 1. The van der Waals surface area contributed by atoms with Crippen LogP contribution < -0.4 is 10.2 Å². The van der Waals surface area contributed by atoms with Crippen molar-refractivity contribution >= 4 is 34.6 Å². The Hall–Kier alpha value is -2.54. The molecule has 0 aliphatic carbocycles. The number of aryl methyl sites for hydroxylation is 1. The molecule has 2 aromatic heterocycles. The van der Waals surface area contributed by atoms with Gasteiger partial charge in [-0.2, -0.15) is 10.1 Å². The normalized spacial score (nSPS) is 15.0. The quantitative estimate of drug-likeness (QED) is 0.792. The first-order chi connectivity index (χ1) is 11.1. The fraction of sp³-hybridized carbons (Fsp3) is 0.267. The van der Waals surface area contributed by atoms with Gasteiger partial charge in [-0.1, -0.05) is 11.6 Å². The van der Waals surface area contributed by atoms with Crippen LogP contribution in [-0.4, -0.2) is 39.8 Å². The van der Waals surface area contributed by atoms with Crippen LogP contribution in [0.25, 0.3) is 11.1 Å². The number of nitrogens with one attached hydrogen (secondary N) is 1. The van der Waals surface area contributed by atoms with Crippen LogP contribution in [0.15, 0.2) is 34.9 Å². The zero-order chi connectivity index (χ0) is 16.0. The predicted molar refractivity (Wildman–Crippen MR) is 85.7 cm³/mol. The molecular formula is C15H14ClN5O2. The molecule has 4 rings (SSSR count). The van der Waals surface area contributed by atoms with Gasteiger partial charge in [0.15, 0.2) is 5.58 Å². The lowest BCUT2D eigenvalue weighted by atomic mass is 10.1. The molecule has 118 valence electrons. The Kier molecular flexibility index (Phi) is 3.23. The first-order valence-electron chi connectivity index (χ1n) is 7.20. The molecule has 23 heavy (non-hydrogen) atoms. The highest BCUT2D eigenvalue weighted by Crippen LogP contribution is 2.27. The highest BCUT2D eigenvalue weighted by molar-refractivity contribution is 6.31. The topological polar surface area (TPSA) is 76.2 Å². The number of rotatable bonds is 3. The van der Waals surface area contributed by atoms with Crippen molar-refractivity contribution < 1.29 is 9.21 Å². The average molecular weight is 332 g/mol. The molecule has 0 saturated carbocycles. The van der Waals surface area contributed by atoms with Gasteiger partial charge in [0.1, 0.15) is 11.2 Å². The Morgan fingerprint density at radius 3 is 2.96 bits per heavy atom. The minimum atomic E-state index is -0.167. The van der Waals surface area contributed by atoms with Crippen LogP contribution in [0.5, 0.6) is 0 Å². The van der Waals surface area contributed by atoms with Crippen LogP contribution in [-0.2, 0) is 7.05 Å². The Bertz CT molecular complexity index is 881. The van der Waals surface area contributed by atoms with E-state index in [1.54, 1.807) is 36.1 Å². The second-order valence-corrected chi connectivity index (χ2v) is 5.99. The first-order valence-corrected chi connectivity index (χ1v) is 7.58. The highest BCUT2D eigenvalue weighted by atomic mass is 35.5. The van der Waals surface area contributed by atoms with E-state index >= 15 is 0 Å². The number of carbonyl (C=O) groups excluding carboxylic acids is 1. The maximum atomic E-state index is 12.0. The van der Waals surface area contributed by atoms with E-state index in [0.717, 1.165) is 5.52 Å². The third-order valence-electron chi connectivity index (χ3n) is 3.77. The number of hydrogen-bond donors (Lipinski definition) is 1. The third kappa shape index (κ3) is 2.63. The molecule has 0 unspecified atom stereocenters. The fourth-order valence-electron chi connectivity index (χ4n) is 2.54. The van der Waals surface area contributed by atoms with Gasteiger partial charge >= 0.3 is 0 Å². The molecule has 1 saturated heterocycles. The van der Waals surface area contributed by atoms with Gasteiger partial charge in [-0.05, 0) is 18.2 Å². The molecule has 1 amide bonds. The zero-order valence-corrected chi connectivity index (χ0v) is 13.1. The molecule has 1 fully saturated rings. The van der Waals surface area contributed by atoms with Crippen molar-refractivity contribution in [3.8, 4) is 0 Å². The van der Waals surface area contributed by atoms with E-state index in [9.17, 15) is 4.79 Å². The Balaban J connectivity index is 1.39. The fourth-order valence-corrected chi connectivity index (χ4v) is 2.71. The number of benzene rings is 1. The number of fused-ring (bicyclic) bond motifs is 1. The summed E-state index contributed by atoms with van der Waals surface area (Å²) in [7, 11) is 1.78. The minimum absolute atomic E-state index is 0.0584. The Morgan fingerprint density at radius 2 is 2.22 bits per heavy atom. The lowest BCUT2D eigenvalue weighted by molar-refractivity contribution is 0.0923. The largest absolute Gasteiger partial charge is 0.423 e. The van der Waals surface area contributed by atoms with Crippen molar-refractivity contribution in [2.24, 2.45) is 7.05 Å². The molecule has 0 atom stereocenters. The summed E-state index contributed by atoms with van der Waals surface area (Å²) >= 11 is 5.94. The highest BCUT2D eigenvalue weighted by Gasteiger charge is 2.31. The second-order valence-electron chi connectivity index (χ2n) is 5.56. The summed E-state index contributed by atoms with van der Waals surface area (Å²) in [5, 5.41) is 7.64. The van der Waals surface area contributed by atoms with Gasteiger partial charge in [-0.3, -0.25) is 9.48 Å². The number of nitrogens with zero attached hydrogens (tertiary/aromatic N) is 4. The molecule has 3 aromatic rings. The molecule has 0 radical (unpaired) electrons. The van der Waals surface area contributed by atoms with Crippen molar-refractivity contribution in [1.29, 1.82) is 0 Å². The summed E-state index contributed by atoms with van der Waals surface area (Å²) in [6.07, 6.45) is 1.74. The standard InChI is InChI=1S/C15H14ClN5O2/c1-20-5-4-12(19-20)14(22)17-10-7-21(8-10)15-18-11-3-2-9(16)6-13(11)23-15/h2-6,10H,7-8H2,1H3,(H,17,22). The smallest absolute Gasteiger partial charge is 0.298 e. The molecule has 1 aromatic carbocycles. The van der Waals surface area contributed by atoms with E-state index in [1.807, 2.05) is 11.0 Å². The molecule has 3 heterocycles. The van der Waals surface area contributed by atoms with Gasteiger partial charge in [-0.25, -0.2) is 0 Å². The maximum absolute atomic E-state index is 12.0. The van der Waals surface area contributed by atoms with Gasteiger partial charge in [0, 0.05) is 37.4 Å². The van der Waals surface area contributed by atoms with Gasteiger partial charge in [0.05, 0.1) is 6.04 Å².